The number of benzene rings is 1. The highest BCUT2D eigenvalue weighted by Gasteiger charge is 2.41. The molecule has 0 radical (unpaired) electrons. The van der Waals surface area contributed by atoms with Gasteiger partial charge in [0.15, 0.2) is 0 Å². The lowest BCUT2D eigenvalue weighted by Crippen LogP contribution is -2.59. The molecule has 0 amide bonds. The Bertz CT molecular complexity index is 1450. The fourth-order valence-corrected chi connectivity index (χ4v) is 5.40. The Balaban J connectivity index is 1.54. The molecule has 4 heterocycles. The number of aryl methyl sites for hydroxylation is 2. The molecule has 0 bridgehead atoms. The fourth-order valence-electron chi connectivity index (χ4n) is 5.40. The number of anilines is 1. The molecule has 0 N–H and O–H groups in total. The lowest BCUT2D eigenvalue weighted by atomic mass is 9.76. The first-order valence-electron chi connectivity index (χ1n) is 12.0. The Labute approximate surface area is 200 Å². The zero-order valence-corrected chi connectivity index (χ0v) is 21.2. The number of fused-ring (bicyclic) bond motifs is 2. The number of hydrogen-bond donors (Lipinski definition) is 0. The summed E-state index contributed by atoms with van der Waals surface area (Å²) in [5, 5.41) is 5.47. The maximum atomic E-state index is 13.2. The second-order valence-electron chi connectivity index (χ2n) is 10.5. The van der Waals surface area contributed by atoms with Crippen molar-refractivity contribution in [3.05, 3.63) is 58.6 Å². The van der Waals surface area contributed by atoms with Crippen molar-refractivity contribution < 1.29 is 0 Å². The van der Waals surface area contributed by atoms with Crippen LogP contribution in [0.25, 0.3) is 27.8 Å². The van der Waals surface area contributed by atoms with E-state index in [2.05, 4.69) is 55.8 Å². The molecule has 2 atom stereocenters. The molecule has 4 aromatic rings. The van der Waals surface area contributed by atoms with E-state index in [1.807, 2.05) is 44.6 Å². The first-order chi connectivity index (χ1) is 16.1. The van der Waals surface area contributed by atoms with Gasteiger partial charge in [-0.15, -0.1) is 0 Å². The molecular formula is C27H34N6O. The van der Waals surface area contributed by atoms with Crippen molar-refractivity contribution in [2.45, 2.75) is 45.7 Å². The Morgan fingerprint density at radius 1 is 1.12 bits per heavy atom. The summed E-state index contributed by atoms with van der Waals surface area (Å²) in [4.78, 5) is 22.9. The highest BCUT2D eigenvalue weighted by molar-refractivity contribution is 5.83. The van der Waals surface area contributed by atoms with E-state index in [1.165, 1.54) is 0 Å². The third-order valence-electron chi connectivity index (χ3n) is 8.19. The minimum absolute atomic E-state index is 0.0682. The number of nitrogens with zero attached hydrogens (tertiary/aromatic N) is 6. The molecule has 7 nitrogen and oxygen atoms in total. The van der Waals surface area contributed by atoms with Gasteiger partial charge in [-0.2, -0.15) is 5.10 Å². The molecular weight excluding hydrogens is 424 g/mol. The van der Waals surface area contributed by atoms with E-state index in [0.717, 1.165) is 40.7 Å². The van der Waals surface area contributed by atoms with Crippen LogP contribution in [0.15, 0.2) is 47.5 Å². The lowest BCUT2D eigenvalue weighted by Gasteiger charge is -2.51. The van der Waals surface area contributed by atoms with Crippen molar-refractivity contribution >= 4 is 22.2 Å². The number of rotatable bonds is 3. The van der Waals surface area contributed by atoms with Crippen LogP contribution in [0.1, 0.15) is 32.8 Å². The van der Waals surface area contributed by atoms with E-state index < -0.39 is 0 Å². The van der Waals surface area contributed by atoms with E-state index in [9.17, 15) is 4.79 Å². The average Bonchev–Trinajstić information content (AvgIpc) is 3.17. The number of likely N-dealkylation sites (tertiary alicyclic amines) is 1. The summed E-state index contributed by atoms with van der Waals surface area (Å²) in [5.41, 5.74) is 5.32. The Hall–Kier alpha value is -3.19. The molecule has 7 heteroatoms. The number of hydrogen-bond acceptors (Lipinski definition) is 5. The van der Waals surface area contributed by atoms with Crippen molar-refractivity contribution in [2.75, 3.05) is 25.5 Å². The van der Waals surface area contributed by atoms with E-state index in [1.54, 1.807) is 15.1 Å². The van der Waals surface area contributed by atoms with E-state index >= 15 is 0 Å². The van der Waals surface area contributed by atoms with Crippen molar-refractivity contribution in [3.8, 4) is 11.3 Å². The topological polar surface area (TPSA) is 58.7 Å². The van der Waals surface area contributed by atoms with Crippen molar-refractivity contribution in [2.24, 2.45) is 13.0 Å². The standard InChI is InChI=1S/C27H34N6O/c1-17-12-21(32(7)24-10-11-30(5)27(3,4)18(24)2)16-33-25(34)14-23(28-26(17)33)19-8-9-22-20(13-19)15-31(6)29-22/h8-9,12-16,18,24H,10-11H2,1-7H3. The van der Waals surface area contributed by atoms with Gasteiger partial charge in [-0.3, -0.25) is 13.9 Å². The number of piperidine rings is 1. The molecule has 1 aliphatic heterocycles. The second-order valence-corrected chi connectivity index (χ2v) is 10.5. The van der Waals surface area contributed by atoms with Gasteiger partial charge in [-0.05, 0) is 63.9 Å². The summed E-state index contributed by atoms with van der Waals surface area (Å²) in [6, 6.07) is 10.2. The molecule has 34 heavy (non-hydrogen) atoms. The molecule has 5 rings (SSSR count). The van der Waals surface area contributed by atoms with Crippen molar-refractivity contribution in [1.29, 1.82) is 0 Å². The maximum absolute atomic E-state index is 13.2. The largest absolute Gasteiger partial charge is 0.370 e. The molecule has 1 saturated heterocycles. The van der Waals surface area contributed by atoms with Crippen LogP contribution in [-0.2, 0) is 7.05 Å². The lowest BCUT2D eigenvalue weighted by molar-refractivity contribution is 0.0393. The van der Waals surface area contributed by atoms with Gasteiger partial charge < -0.3 is 9.80 Å². The number of pyridine rings is 1. The molecule has 0 aliphatic carbocycles. The minimum atomic E-state index is -0.0682. The van der Waals surface area contributed by atoms with Gasteiger partial charge in [0.05, 0.1) is 16.9 Å². The van der Waals surface area contributed by atoms with Gasteiger partial charge >= 0.3 is 0 Å². The Morgan fingerprint density at radius 3 is 2.65 bits per heavy atom. The summed E-state index contributed by atoms with van der Waals surface area (Å²) < 4.78 is 3.49. The summed E-state index contributed by atoms with van der Waals surface area (Å²) in [6.07, 6.45) is 5.02. The van der Waals surface area contributed by atoms with Crippen LogP contribution in [0.2, 0.25) is 0 Å². The van der Waals surface area contributed by atoms with Crippen molar-refractivity contribution in [1.82, 2.24) is 24.1 Å². The second kappa shape index (κ2) is 7.94. The zero-order valence-electron chi connectivity index (χ0n) is 21.2. The van der Waals surface area contributed by atoms with Gasteiger partial charge in [0.2, 0.25) is 0 Å². The summed E-state index contributed by atoms with van der Waals surface area (Å²) in [5.74, 6) is 0.479. The molecule has 2 unspecified atom stereocenters. The van der Waals surface area contributed by atoms with Gasteiger partial charge in [0, 0.05) is 61.6 Å². The first kappa shape index (κ1) is 22.6. The monoisotopic (exact) mass is 458 g/mol. The molecule has 3 aromatic heterocycles. The van der Waals surface area contributed by atoms with E-state index in [0.29, 0.717) is 23.3 Å². The van der Waals surface area contributed by atoms with Crippen LogP contribution in [0.4, 0.5) is 5.69 Å². The third-order valence-corrected chi connectivity index (χ3v) is 8.19. The molecule has 178 valence electrons. The van der Waals surface area contributed by atoms with Gasteiger partial charge in [0.25, 0.3) is 5.56 Å². The smallest absolute Gasteiger partial charge is 0.258 e. The zero-order chi connectivity index (χ0) is 24.4. The molecule has 0 spiro atoms. The molecule has 1 aliphatic rings. The van der Waals surface area contributed by atoms with E-state index in [4.69, 9.17) is 4.98 Å². The molecule has 0 saturated carbocycles. The van der Waals surface area contributed by atoms with Crippen LogP contribution in [0.5, 0.6) is 0 Å². The molecule has 1 aromatic carbocycles. The summed E-state index contributed by atoms with van der Waals surface area (Å²) in [6.45, 7) is 10.1. The number of aromatic nitrogens is 4. The van der Waals surface area contributed by atoms with Gasteiger partial charge in [-0.1, -0.05) is 13.0 Å². The minimum Gasteiger partial charge on any atom is -0.370 e. The van der Waals surface area contributed by atoms with Crippen LogP contribution in [0.3, 0.4) is 0 Å². The van der Waals surface area contributed by atoms with Crippen LogP contribution in [-0.4, -0.2) is 56.3 Å². The normalized spacial score (nSPS) is 20.8. The quantitative estimate of drug-likeness (QED) is 0.462. The predicted molar refractivity (Wildman–Crippen MR) is 139 cm³/mol. The maximum Gasteiger partial charge on any atom is 0.258 e. The summed E-state index contributed by atoms with van der Waals surface area (Å²) in [7, 11) is 6.27. The predicted octanol–water partition coefficient (Wildman–Crippen LogP) is 4.11. The average molecular weight is 459 g/mol. The fraction of sp³-hybridized carbons (Fsp3) is 0.444. The van der Waals surface area contributed by atoms with Crippen molar-refractivity contribution in [3.63, 3.8) is 0 Å². The van der Waals surface area contributed by atoms with Crippen LogP contribution in [0, 0.1) is 12.8 Å². The van der Waals surface area contributed by atoms with E-state index in [-0.39, 0.29) is 11.1 Å². The third kappa shape index (κ3) is 3.59. The summed E-state index contributed by atoms with van der Waals surface area (Å²) >= 11 is 0. The first-order valence-corrected chi connectivity index (χ1v) is 12.0. The highest BCUT2D eigenvalue weighted by Crippen LogP contribution is 2.36. The highest BCUT2D eigenvalue weighted by atomic mass is 16.1. The van der Waals surface area contributed by atoms with Crippen LogP contribution < -0.4 is 10.5 Å². The Morgan fingerprint density at radius 2 is 1.88 bits per heavy atom. The van der Waals surface area contributed by atoms with Crippen LogP contribution >= 0.6 is 0 Å². The SMILES string of the molecule is Cc1cc(N(C)C2CCN(C)C(C)(C)C2C)cn2c(=O)cc(-c3ccc4nn(C)cc4c3)nc12. The van der Waals surface area contributed by atoms with Gasteiger partial charge in [-0.25, -0.2) is 4.98 Å². The van der Waals surface area contributed by atoms with Gasteiger partial charge in [0.1, 0.15) is 5.65 Å². The molecule has 1 fully saturated rings. The Kier molecular flexibility index (Phi) is 5.28.